The molecule has 92 valence electrons. The van der Waals surface area contributed by atoms with Gasteiger partial charge in [-0.15, -0.1) is 0 Å². The van der Waals surface area contributed by atoms with Gasteiger partial charge in [0, 0.05) is 11.1 Å². The average Bonchev–Trinajstić information content (AvgIpc) is 2.46. The smallest absolute Gasteiger partial charge is 0.208 e. The largest absolute Gasteiger partial charge is 0.294 e. The quantitative estimate of drug-likeness (QED) is 0.779. The SMILES string of the molecule is O=C1CC(=Nc2ccccc2)C(=O)c2ccccc21. The maximum absolute atomic E-state index is 12.3. The van der Waals surface area contributed by atoms with Gasteiger partial charge in [-0.2, -0.15) is 0 Å². The van der Waals surface area contributed by atoms with Crippen LogP contribution in [0.5, 0.6) is 0 Å². The number of fused-ring (bicyclic) bond motifs is 1. The van der Waals surface area contributed by atoms with Crippen LogP contribution in [0.1, 0.15) is 27.1 Å². The number of nitrogens with zero attached hydrogens (tertiary/aromatic N) is 1. The van der Waals surface area contributed by atoms with Gasteiger partial charge in [0.2, 0.25) is 5.78 Å². The fraction of sp³-hybridized carbons (Fsp3) is 0.0625. The molecule has 3 nitrogen and oxygen atoms in total. The van der Waals surface area contributed by atoms with Crippen molar-refractivity contribution in [1.82, 2.24) is 0 Å². The number of aliphatic imine (C=N–C) groups is 1. The minimum absolute atomic E-state index is 0.0510. The van der Waals surface area contributed by atoms with Crippen molar-refractivity contribution in [2.45, 2.75) is 6.42 Å². The van der Waals surface area contributed by atoms with E-state index in [0.29, 0.717) is 22.5 Å². The van der Waals surface area contributed by atoms with E-state index in [4.69, 9.17) is 0 Å². The summed E-state index contributed by atoms with van der Waals surface area (Å²) in [5.74, 6) is -0.205. The van der Waals surface area contributed by atoms with Crippen LogP contribution < -0.4 is 0 Å². The van der Waals surface area contributed by atoms with Gasteiger partial charge in [0.05, 0.1) is 17.8 Å². The number of ketones is 2. The van der Waals surface area contributed by atoms with Gasteiger partial charge in [0.25, 0.3) is 0 Å². The summed E-state index contributed by atoms with van der Waals surface area (Å²) in [6.45, 7) is 0. The first-order chi connectivity index (χ1) is 9.25. The molecule has 19 heavy (non-hydrogen) atoms. The minimum Gasteiger partial charge on any atom is -0.294 e. The second kappa shape index (κ2) is 4.61. The van der Waals surface area contributed by atoms with Crippen molar-refractivity contribution < 1.29 is 9.59 Å². The lowest BCUT2D eigenvalue weighted by Gasteiger charge is -2.15. The lowest BCUT2D eigenvalue weighted by Crippen LogP contribution is -2.26. The molecule has 0 aliphatic heterocycles. The fourth-order valence-corrected chi connectivity index (χ4v) is 2.16. The Morgan fingerprint density at radius 3 is 2.16 bits per heavy atom. The number of Topliss-reactive ketones (excluding diaryl/α,β-unsaturated/α-hetero) is 2. The highest BCUT2D eigenvalue weighted by Gasteiger charge is 2.28. The lowest BCUT2D eigenvalue weighted by molar-refractivity contribution is 0.0965. The predicted molar refractivity (Wildman–Crippen MR) is 73.3 cm³/mol. The van der Waals surface area contributed by atoms with Gasteiger partial charge in [-0.25, -0.2) is 4.99 Å². The molecule has 0 spiro atoms. The van der Waals surface area contributed by atoms with Crippen molar-refractivity contribution in [1.29, 1.82) is 0 Å². The van der Waals surface area contributed by atoms with Gasteiger partial charge in [-0.1, -0.05) is 42.5 Å². The van der Waals surface area contributed by atoms with Gasteiger partial charge >= 0.3 is 0 Å². The highest BCUT2D eigenvalue weighted by Crippen LogP contribution is 2.22. The van der Waals surface area contributed by atoms with Crippen LogP contribution in [-0.2, 0) is 0 Å². The minimum atomic E-state index is -0.154. The summed E-state index contributed by atoms with van der Waals surface area (Å²) in [4.78, 5) is 28.6. The number of para-hydroxylation sites is 1. The monoisotopic (exact) mass is 249 g/mol. The Labute approximate surface area is 110 Å². The highest BCUT2D eigenvalue weighted by atomic mass is 16.1. The third-order valence-electron chi connectivity index (χ3n) is 3.08. The zero-order valence-corrected chi connectivity index (χ0v) is 10.2. The molecule has 1 aliphatic carbocycles. The van der Waals surface area contributed by atoms with Crippen LogP contribution in [0.15, 0.2) is 59.6 Å². The third-order valence-corrected chi connectivity index (χ3v) is 3.08. The van der Waals surface area contributed by atoms with Crippen LogP contribution in [0.4, 0.5) is 5.69 Å². The van der Waals surface area contributed by atoms with E-state index < -0.39 is 0 Å². The van der Waals surface area contributed by atoms with E-state index >= 15 is 0 Å². The molecule has 2 aromatic rings. The predicted octanol–water partition coefficient (Wildman–Crippen LogP) is 3.23. The summed E-state index contributed by atoms with van der Waals surface area (Å²) in [7, 11) is 0. The zero-order chi connectivity index (χ0) is 13.2. The molecular formula is C16H11NO2. The maximum atomic E-state index is 12.3. The Hall–Kier alpha value is -2.55. The first kappa shape index (κ1) is 11.5. The van der Waals surface area contributed by atoms with Crippen molar-refractivity contribution in [3.05, 3.63) is 65.7 Å². The molecule has 0 unspecified atom stereocenters. The molecule has 1 aliphatic rings. The highest BCUT2D eigenvalue weighted by molar-refractivity contribution is 6.53. The maximum Gasteiger partial charge on any atom is 0.208 e. The Morgan fingerprint density at radius 2 is 1.42 bits per heavy atom. The van der Waals surface area contributed by atoms with E-state index in [1.807, 2.05) is 30.3 Å². The van der Waals surface area contributed by atoms with Crippen LogP contribution in [0.2, 0.25) is 0 Å². The van der Waals surface area contributed by atoms with Crippen molar-refractivity contribution in [2.75, 3.05) is 0 Å². The standard InChI is InChI=1S/C16H11NO2/c18-15-10-14(17-11-6-2-1-3-7-11)16(19)13-9-5-4-8-12(13)15/h1-9H,10H2. The Morgan fingerprint density at radius 1 is 0.789 bits per heavy atom. The van der Waals surface area contributed by atoms with E-state index in [9.17, 15) is 9.59 Å². The molecule has 0 N–H and O–H groups in total. The topological polar surface area (TPSA) is 46.5 Å². The number of carbonyl (C=O) groups excluding carboxylic acids is 2. The Balaban J connectivity index is 2.06. The molecule has 0 radical (unpaired) electrons. The average molecular weight is 249 g/mol. The number of carbonyl (C=O) groups is 2. The van der Waals surface area contributed by atoms with Gasteiger partial charge in [-0.3, -0.25) is 9.59 Å². The molecule has 0 aromatic heterocycles. The molecule has 0 bridgehead atoms. The summed E-state index contributed by atoms with van der Waals surface area (Å²) in [5.41, 5.74) is 1.96. The second-order valence-electron chi connectivity index (χ2n) is 4.37. The van der Waals surface area contributed by atoms with Crippen LogP contribution in [0.3, 0.4) is 0 Å². The van der Waals surface area contributed by atoms with Gasteiger partial charge in [0.15, 0.2) is 5.78 Å². The molecule has 2 aromatic carbocycles. The Kier molecular flexibility index (Phi) is 2.80. The van der Waals surface area contributed by atoms with E-state index in [0.717, 1.165) is 0 Å². The van der Waals surface area contributed by atoms with Crippen molar-refractivity contribution in [2.24, 2.45) is 4.99 Å². The zero-order valence-electron chi connectivity index (χ0n) is 10.2. The molecule has 3 rings (SSSR count). The van der Waals surface area contributed by atoms with Crippen LogP contribution in [0.25, 0.3) is 0 Å². The van der Waals surface area contributed by atoms with Gasteiger partial charge in [-0.05, 0) is 12.1 Å². The number of rotatable bonds is 1. The molecule has 0 saturated carbocycles. The third kappa shape index (κ3) is 2.10. The van der Waals surface area contributed by atoms with Crippen LogP contribution in [0, 0.1) is 0 Å². The van der Waals surface area contributed by atoms with Gasteiger partial charge < -0.3 is 0 Å². The van der Waals surface area contributed by atoms with Crippen molar-refractivity contribution >= 4 is 23.0 Å². The number of hydrogen-bond donors (Lipinski definition) is 0. The van der Waals surface area contributed by atoms with E-state index in [1.54, 1.807) is 24.3 Å². The lowest BCUT2D eigenvalue weighted by atomic mass is 9.88. The van der Waals surface area contributed by atoms with Crippen molar-refractivity contribution in [3.8, 4) is 0 Å². The number of hydrogen-bond acceptors (Lipinski definition) is 3. The molecule has 0 saturated heterocycles. The Bertz CT molecular complexity index is 687. The van der Waals surface area contributed by atoms with E-state index in [-0.39, 0.29) is 18.0 Å². The second-order valence-corrected chi connectivity index (χ2v) is 4.37. The summed E-state index contributed by atoms with van der Waals surface area (Å²) in [5, 5.41) is 0. The first-order valence-electron chi connectivity index (χ1n) is 6.05. The molecule has 0 heterocycles. The number of benzene rings is 2. The molecule has 0 amide bonds. The summed E-state index contributed by atoms with van der Waals surface area (Å²) in [6.07, 6.45) is 0.0741. The summed E-state index contributed by atoms with van der Waals surface area (Å²) in [6, 6.07) is 16.1. The normalized spacial score (nSPS) is 16.5. The molecule has 3 heteroatoms. The summed E-state index contributed by atoms with van der Waals surface area (Å²) < 4.78 is 0. The molecule has 0 atom stereocenters. The summed E-state index contributed by atoms with van der Waals surface area (Å²) >= 11 is 0. The van der Waals surface area contributed by atoms with Crippen molar-refractivity contribution in [3.63, 3.8) is 0 Å². The molecule has 0 fully saturated rings. The molecular weight excluding hydrogens is 238 g/mol. The van der Waals surface area contributed by atoms with Crippen LogP contribution >= 0.6 is 0 Å². The fourth-order valence-electron chi connectivity index (χ4n) is 2.16. The van der Waals surface area contributed by atoms with E-state index in [2.05, 4.69) is 4.99 Å². The first-order valence-corrected chi connectivity index (χ1v) is 6.05. The van der Waals surface area contributed by atoms with E-state index in [1.165, 1.54) is 0 Å². The van der Waals surface area contributed by atoms with Gasteiger partial charge in [0.1, 0.15) is 0 Å². The van der Waals surface area contributed by atoms with Crippen LogP contribution in [-0.4, -0.2) is 17.3 Å².